The van der Waals surface area contributed by atoms with Crippen LogP contribution in [0, 0.1) is 0 Å². The van der Waals surface area contributed by atoms with Crippen LogP contribution < -0.4 is 16.1 Å². The van der Waals surface area contributed by atoms with Crippen LogP contribution in [0.2, 0.25) is 0 Å². The van der Waals surface area contributed by atoms with E-state index in [1.807, 2.05) is 0 Å². The van der Waals surface area contributed by atoms with Gasteiger partial charge in [0.15, 0.2) is 0 Å². The zero-order chi connectivity index (χ0) is 19.8. The zero-order valence-electron chi connectivity index (χ0n) is 15.3. The van der Waals surface area contributed by atoms with Crippen LogP contribution in [-0.4, -0.2) is 30.0 Å². The van der Waals surface area contributed by atoms with Crippen LogP contribution in [-0.2, 0) is 9.59 Å². The summed E-state index contributed by atoms with van der Waals surface area (Å²) in [5, 5.41) is 9.12. The van der Waals surface area contributed by atoms with Gasteiger partial charge in [-0.25, -0.2) is 5.43 Å². The van der Waals surface area contributed by atoms with Gasteiger partial charge in [0.25, 0.3) is 5.91 Å². The van der Waals surface area contributed by atoms with Crippen molar-refractivity contribution in [1.82, 2.24) is 10.7 Å². The van der Waals surface area contributed by atoms with Gasteiger partial charge in [0.2, 0.25) is 0 Å². The lowest BCUT2D eigenvalue weighted by Gasteiger charge is -2.23. The highest BCUT2D eigenvalue weighted by atomic mass is 16.3. The number of anilines is 1. The fourth-order valence-electron chi connectivity index (χ4n) is 3.05. The molecule has 0 bridgehead atoms. The molecule has 3 rings (SSSR count). The molecule has 1 fully saturated rings. The smallest absolute Gasteiger partial charge is 0.329 e. The second-order valence-corrected chi connectivity index (χ2v) is 6.52. The lowest BCUT2D eigenvalue weighted by Crippen LogP contribution is -2.37. The van der Waals surface area contributed by atoms with Crippen molar-refractivity contribution in [2.24, 2.45) is 5.10 Å². The van der Waals surface area contributed by atoms with Crippen LogP contribution >= 0.6 is 0 Å². The Balaban J connectivity index is 1.59. The number of para-hydroxylation sites is 1. The quantitative estimate of drug-likeness (QED) is 0.419. The monoisotopic (exact) mass is 382 g/mol. The number of amides is 3. The average molecular weight is 382 g/mol. The third kappa shape index (κ3) is 5.29. The Kier molecular flexibility index (Phi) is 6.56. The van der Waals surface area contributed by atoms with Gasteiger partial charge in [0.05, 0.1) is 23.7 Å². The van der Waals surface area contributed by atoms with E-state index in [9.17, 15) is 14.4 Å². The maximum atomic E-state index is 12.6. The second kappa shape index (κ2) is 9.50. The Hall–Kier alpha value is -3.42. The lowest BCUT2D eigenvalue weighted by molar-refractivity contribution is -0.136. The Bertz CT molecular complexity index is 855. The van der Waals surface area contributed by atoms with Gasteiger partial charge in [-0.15, -0.1) is 0 Å². The van der Waals surface area contributed by atoms with E-state index in [0.717, 1.165) is 25.7 Å². The fraction of sp³-hybridized carbons (Fsp3) is 0.300. The summed E-state index contributed by atoms with van der Waals surface area (Å²) < 4.78 is 5.03. The molecule has 146 valence electrons. The minimum atomic E-state index is -0.953. The predicted molar refractivity (Wildman–Crippen MR) is 104 cm³/mol. The van der Waals surface area contributed by atoms with Crippen molar-refractivity contribution in [3.8, 4) is 0 Å². The molecule has 3 N–H and O–H groups in total. The SMILES string of the molecule is O=C(N/N=C\c1ccco1)C(=O)Nc1ccccc1C(=O)NC1CCCCC1. The first-order chi connectivity index (χ1) is 13.6. The Morgan fingerprint density at radius 2 is 1.79 bits per heavy atom. The van der Waals surface area contributed by atoms with Crippen molar-refractivity contribution >= 4 is 29.6 Å². The van der Waals surface area contributed by atoms with E-state index in [1.54, 1.807) is 36.4 Å². The van der Waals surface area contributed by atoms with Gasteiger partial charge in [-0.05, 0) is 37.1 Å². The first-order valence-corrected chi connectivity index (χ1v) is 9.21. The Morgan fingerprint density at radius 3 is 2.54 bits per heavy atom. The van der Waals surface area contributed by atoms with Gasteiger partial charge in [-0.1, -0.05) is 31.4 Å². The maximum Gasteiger partial charge on any atom is 0.329 e. The van der Waals surface area contributed by atoms with Crippen molar-refractivity contribution in [3.63, 3.8) is 0 Å². The van der Waals surface area contributed by atoms with Crippen LogP contribution in [0.5, 0.6) is 0 Å². The molecule has 0 spiro atoms. The standard InChI is InChI=1S/C20H22N4O4/c25-18(22-14-7-2-1-3-8-14)16-10-4-5-11-17(16)23-19(26)20(27)24-21-13-15-9-6-12-28-15/h4-6,9-14H,1-3,7-8H2,(H,22,25)(H,23,26)(H,24,27)/b21-13-. The highest BCUT2D eigenvalue weighted by molar-refractivity contribution is 6.40. The minimum Gasteiger partial charge on any atom is -0.463 e. The highest BCUT2D eigenvalue weighted by Crippen LogP contribution is 2.20. The number of hydrogen-bond donors (Lipinski definition) is 3. The molecule has 1 aliphatic rings. The van der Waals surface area contributed by atoms with Crippen LogP contribution in [0.4, 0.5) is 5.69 Å². The second-order valence-electron chi connectivity index (χ2n) is 6.52. The number of nitrogens with one attached hydrogen (secondary N) is 3. The number of hydrogen-bond acceptors (Lipinski definition) is 5. The molecule has 2 aromatic rings. The molecule has 0 atom stereocenters. The summed E-state index contributed by atoms with van der Waals surface area (Å²) in [4.78, 5) is 36.6. The summed E-state index contributed by atoms with van der Waals surface area (Å²) in [5.74, 6) is -1.70. The number of carbonyl (C=O) groups is 3. The van der Waals surface area contributed by atoms with Crippen molar-refractivity contribution < 1.29 is 18.8 Å². The van der Waals surface area contributed by atoms with Gasteiger partial charge < -0.3 is 15.1 Å². The van der Waals surface area contributed by atoms with E-state index in [2.05, 4.69) is 21.2 Å². The van der Waals surface area contributed by atoms with Gasteiger partial charge in [-0.2, -0.15) is 5.10 Å². The summed E-state index contributed by atoms with van der Waals surface area (Å²) in [6.07, 6.45) is 8.04. The molecule has 1 saturated carbocycles. The van der Waals surface area contributed by atoms with Crippen LogP contribution in [0.25, 0.3) is 0 Å². The summed E-state index contributed by atoms with van der Waals surface area (Å²) in [7, 11) is 0. The number of furan rings is 1. The highest BCUT2D eigenvalue weighted by Gasteiger charge is 2.20. The molecule has 1 aromatic carbocycles. The lowest BCUT2D eigenvalue weighted by atomic mass is 9.95. The van der Waals surface area contributed by atoms with Gasteiger partial charge >= 0.3 is 11.8 Å². The van der Waals surface area contributed by atoms with Crippen molar-refractivity contribution in [1.29, 1.82) is 0 Å². The molecular formula is C20H22N4O4. The average Bonchev–Trinajstić information content (AvgIpc) is 3.22. The molecule has 28 heavy (non-hydrogen) atoms. The Morgan fingerprint density at radius 1 is 1.00 bits per heavy atom. The maximum absolute atomic E-state index is 12.6. The molecule has 8 heteroatoms. The van der Waals surface area contributed by atoms with E-state index in [1.165, 1.54) is 18.9 Å². The number of hydrazone groups is 1. The van der Waals surface area contributed by atoms with Crippen LogP contribution in [0.3, 0.4) is 0 Å². The zero-order valence-corrected chi connectivity index (χ0v) is 15.3. The van der Waals surface area contributed by atoms with E-state index in [-0.39, 0.29) is 17.6 Å². The molecule has 1 aliphatic carbocycles. The van der Waals surface area contributed by atoms with Crippen molar-refractivity contribution in [2.45, 2.75) is 38.1 Å². The minimum absolute atomic E-state index is 0.143. The molecule has 0 unspecified atom stereocenters. The topological polar surface area (TPSA) is 113 Å². The van der Waals surface area contributed by atoms with Gasteiger partial charge in [0.1, 0.15) is 5.76 Å². The first-order valence-electron chi connectivity index (χ1n) is 9.21. The third-order valence-corrected chi connectivity index (χ3v) is 4.47. The third-order valence-electron chi connectivity index (χ3n) is 4.47. The number of nitrogens with zero attached hydrogens (tertiary/aromatic N) is 1. The fourth-order valence-corrected chi connectivity index (χ4v) is 3.05. The molecular weight excluding hydrogens is 360 g/mol. The molecule has 8 nitrogen and oxygen atoms in total. The molecule has 0 radical (unpaired) electrons. The Labute approximate surface area is 162 Å². The van der Waals surface area contributed by atoms with E-state index in [0.29, 0.717) is 11.3 Å². The van der Waals surface area contributed by atoms with Crippen molar-refractivity contribution in [2.75, 3.05) is 5.32 Å². The number of carbonyl (C=O) groups excluding carboxylic acids is 3. The van der Waals surface area contributed by atoms with Crippen molar-refractivity contribution in [3.05, 3.63) is 54.0 Å². The molecule has 3 amide bonds. The molecule has 1 heterocycles. The molecule has 0 saturated heterocycles. The van der Waals surface area contributed by atoms with E-state index >= 15 is 0 Å². The van der Waals surface area contributed by atoms with E-state index < -0.39 is 11.8 Å². The summed E-state index contributed by atoms with van der Waals surface area (Å²) in [6.45, 7) is 0. The van der Waals surface area contributed by atoms with Crippen LogP contribution in [0.15, 0.2) is 52.2 Å². The van der Waals surface area contributed by atoms with E-state index in [4.69, 9.17) is 4.42 Å². The largest absolute Gasteiger partial charge is 0.463 e. The molecule has 1 aromatic heterocycles. The summed E-state index contributed by atoms with van der Waals surface area (Å²) in [5.41, 5.74) is 2.70. The summed E-state index contributed by atoms with van der Waals surface area (Å²) in [6, 6.07) is 10.0. The van der Waals surface area contributed by atoms with Gasteiger partial charge in [0, 0.05) is 6.04 Å². The predicted octanol–water partition coefficient (Wildman–Crippen LogP) is 2.43. The number of rotatable bonds is 5. The molecule has 0 aliphatic heterocycles. The summed E-state index contributed by atoms with van der Waals surface area (Å²) >= 11 is 0. The van der Waals surface area contributed by atoms with Crippen LogP contribution in [0.1, 0.15) is 48.2 Å². The normalized spacial score (nSPS) is 14.6. The van der Waals surface area contributed by atoms with Gasteiger partial charge in [-0.3, -0.25) is 14.4 Å². The number of benzene rings is 1. The first kappa shape index (κ1) is 19.3.